The van der Waals surface area contributed by atoms with Crippen LogP contribution in [0.15, 0.2) is 58.2 Å². The second-order valence-corrected chi connectivity index (χ2v) is 8.37. The Bertz CT molecular complexity index is 1360. The predicted octanol–water partition coefficient (Wildman–Crippen LogP) is 2.89. The molecule has 3 amide bonds. The number of aromatic nitrogens is 2. The molecule has 1 aliphatic heterocycles. The van der Waals surface area contributed by atoms with E-state index in [1.54, 1.807) is 68.6 Å². The SMILES string of the molecule is CCn1nc(C(=O)NCCN2C(=O)SC(=Cc3ccc(OC)cc3)C2=O)c2ccccc2c1=O. The third-order valence-corrected chi connectivity index (χ3v) is 6.20. The van der Waals surface area contributed by atoms with Crippen LogP contribution < -0.4 is 15.6 Å². The lowest BCUT2D eigenvalue weighted by molar-refractivity contribution is -0.122. The molecule has 0 aliphatic carbocycles. The molecule has 0 saturated carbocycles. The Labute approximate surface area is 199 Å². The van der Waals surface area contributed by atoms with Crippen LogP contribution in [0, 0.1) is 0 Å². The maximum absolute atomic E-state index is 12.8. The maximum atomic E-state index is 12.8. The van der Waals surface area contributed by atoms with E-state index in [2.05, 4.69) is 10.4 Å². The zero-order chi connectivity index (χ0) is 24.2. The number of carbonyl (C=O) groups excluding carboxylic acids is 3. The van der Waals surface area contributed by atoms with Crippen molar-refractivity contribution in [1.82, 2.24) is 20.0 Å². The number of ether oxygens (including phenoxy) is 1. The van der Waals surface area contributed by atoms with E-state index in [0.29, 0.717) is 28.0 Å². The largest absolute Gasteiger partial charge is 0.497 e. The highest BCUT2D eigenvalue weighted by molar-refractivity contribution is 8.18. The Morgan fingerprint density at radius 1 is 1.09 bits per heavy atom. The van der Waals surface area contributed by atoms with Gasteiger partial charge in [-0.05, 0) is 48.5 Å². The maximum Gasteiger partial charge on any atom is 0.293 e. The van der Waals surface area contributed by atoms with Gasteiger partial charge in [-0.1, -0.05) is 30.3 Å². The number of nitrogens with zero attached hydrogens (tertiary/aromatic N) is 3. The van der Waals surface area contributed by atoms with Crippen molar-refractivity contribution < 1.29 is 19.1 Å². The molecule has 1 N–H and O–H groups in total. The molecule has 0 radical (unpaired) electrons. The minimum atomic E-state index is -0.487. The number of benzene rings is 2. The van der Waals surface area contributed by atoms with E-state index in [0.717, 1.165) is 22.2 Å². The second kappa shape index (κ2) is 9.92. The Balaban J connectivity index is 1.44. The van der Waals surface area contributed by atoms with Crippen LogP contribution in [0.3, 0.4) is 0 Å². The third kappa shape index (κ3) is 4.58. The van der Waals surface area contributed by atoms with Crippen LogP contribution in [0.2, 0.25) is 0 Å². The zero-order valence-electron chi connectivity index (χ0n) is 18.6. The van der Waals surface area contributed by atoms with Gasteiger partial charge in [0, 0.05) is 25.0 Å². The van der Waals surface area contributed by atoms with Crippen molar-refractivity contribution in [1.29, 1.82) is 0 Å². The Kier molecular flexibility index (Phi) is 6.78. The Morgan fingerprint density at radius 2 is 1.79 bits per heavy atom. The lowest BCUT2D eigenvalue weighted by Crippen LogP contribution is -2.38. The van der Waals surface area contributed by atoms with Gasteiger partial charge in [-0.2, -0.15) is 5.10 Å². The highest BCUT2D eigenvalue weighted by atomic mass is 32.2. The number of nitrogens with one attached hydrogen (secondary N) is 1. The number of imide groups is 1. The van der Waals surface area contributed by atoms with Crippen LogP contribution in [0.5, 0.6) is 5.75 Å². The summed E-state index contributed by atoms with van der Waals surface area (Å²) in [6.07, 6.45) is 1.65. The van der Waals surface area contributed by atoms with E-state index >= 15 is 0 Å². The van der Waals surface area contributed by atoms with Gasteiger partial charge >= 0.3 is 0 Å². The van der Waals surface area contributed by atoms with Crippen LogP contribution in [0.25, 0.3) is 16.8 Å². The topological polar surface area (TPSA) is 111 Å². The van der Waals surface area contributed by atoms with E-state index in [4.69, 9.17) is 4.74 Å². The first-order valence-corrected chi connectivity index (χ1v) is 11.4. The Hall–Kier alpha value is -3.92. The minimum absolute atomic E-state index is 0.0156. The van der Waals surface area contributed by atoms with Crippen LogP contribution >= 0.6 is 11.8 Å². The zero-order valence-corrected chi connectivity index (χ0v) is 19.4. The van der Waals surface area contributed by atoms with E-state index in [1.165, 1.54) is 4.68 Å². The fourth-order valence-corrected chi connectivity index (χ4v) is 4.39. The molecule has 1 aliphatic rings. The smallest absolute Gasteiger partial charge is 0.293 e. The highest BCUT2D eigenvalue weighted by Crippen LogP contribution is 2.32. The molecule has 1 fully saturated rings. The first-order chi connectivity index (χ1) is 16.4. The summed E-state index contributed by atoms with van der Waals surface area (Å²) in [5.74, 6) is -0.208. The van der Waals surface area contributed by atoms with Crippen LogP contribution in [-0.4, -0.2) is 51.9 Å². The van der Waals surface area contributed by atoms with Crippen molar-refractivity contribution in [2.75, 3.05) is 20.2 Å². The molecule has 9 nitrogen and oxygen atoms in total. The fourth-order valence-electron chi connectivity index (χ4n) is 3.53. The van der Waals surface area contributed by atoms with Crippen molar-refractivity contribution in [2.24, 2.45) is 0 Å². The summed E-state index contributed by atoms with van der Waals surface area (Å²) in [4.78, 5) is 51.8. The molecule has 0 unspecified atom stereocenters. The summed E-state index contributed by atoms with van der Waals surface area (Å²) in [7, 11) is 1.57. The molecule has 3 aromatic rings. The van der Waals surface area contributed by atoms with Crippen molar-refractivity contribution in [3.05, 3.63) is 75.0 Å². The van der Waals surface area contributed by atoms with Crippen molar-refractivity contribution >= 4 is 45.7 Å². The van der Waals surface area contributed by atoms with Gasteiger partial charge in [0.2, 0.25) is 0 Å². The summed E-state index contributed by atoms with van der Waals surface area (Å²) < 4.78 is 6.36. The number of thioether (sulfide) groups is 1. The molecule has 2 aromatic carbocycles. The highest BCUT2D eigenvalue weighted by Gasteiger charge is 2.34. The van der Waals surface area contributed by atoms with Crippen molar-refractivity contribution in [2.45, 2.75) is 13.5 Å². The number of methoxy groups -OCH3 is 1. The van der Waals surface area contributed by atoms with Gasteiger partial charge in [0.25, 0.3) is 22.6 Å². The number of hydrogen-bond donors (Lipinski definition) is 1. The van der Waals surface area contributed by atoms with Crippen LogP contribution in [0.1, 0.15) is 23.0 Å². The summed E-state index contributed by atoms with van der Waals surface area (Å²) >= 11 is 0.854. The second-order valence-electron chi connectivity index (χ2n) is 7.38. The lowest BCUT2D eigenvalue weighted by Gasteiger charge is -2.14. The molecule has 34 heavy (non-hydrogen) atoms. The van der Waals surface area contributed by atoms with Gasteiger partial charge in [0.1, 0.15) is 5.75 Å². The molecular weight excluding hydrogens is 456 g/mol. The standard InChI is InChI=1S/C24H22N4O5S/c1-3-28-22(30)18-7-5-4-6-17(18)20(26-28)21(29)25-12-13-27-23(31)19(34-24(27)32)14-15-8-10-16(33-2)11-9-15/h4-11,14H,3,12-13H2,1-2H3,(H,25,29). The third-order valence-electron chi connectivity index (χ3n) is 5.29. The summed E-state index contributed by atoms with van der Waals surface area (Å²) in [6, 6.07) is 13.9. The average Bonchev–Trinajstić information content (AvgIpc) is 3.12. The first-order valence-electron chi connectivity index (χ1n) is 10.6. The quantitative estimate of drug-likeness (QED) is 0.520. The van der Waals surface area contributed by atoms with E-state index in [-0.39, 0.29) is 24.3 Å². The minimum Gasteiger partial charge on any atom is -0.497 e. The Morgan fingerprint density at radius 3 is 2.47 bits per heavy atom. The monoisotopic (exact) mass is 478 g/mol. The number of hydrogen-bond acceptors (Lipinski definition) is 7. The number of fused-ring (bicyclic) bond motifs is 1. The van der Waals surface area contributed by atoms with Gasteiger partial charge in [-0.3, -0.25) is 24.1 Å². The molecule has 0 bridgehead atoms. The van der Waals surface area contributed by atoms with Crippen molar-refractivity contribution in [3.8, 4) is 5.75 Å². The molecule has 1 aromatic heterocycles. The summed E-state index contributed by atoms with van der Waals surface area (Å²) in [5.41, 5.74) is 0.616. The first kappa shape index (κ1) is 23.2. The lowest BCUT2D eigenvalue weighted by atomic mass is 10.1. The normalized spacial score (nSPS) is 14.8. The van der Waals surface area contributed by atoms with Gasteiger partial charge in [0.15, 0.2) is 5.69 Å². The predicted molar refractivity (Wildman–Crippen MR) is 130 cm³/mol. The van der Waals surface area contributed by atoms with Crippen LogP contribution in [-0.2, 0) is 11.3 Å². The molecule has 4 rings (SSSR count). The number of aryl methyl sites for hydroxylation is 1. The van der Waals surface area contributed by atoms with Gasteiger partial charge in [-0.25, -0.2) is 4.68 Å². The molecule has 10 heteroatoms. The van der Waals surface area contributed by atoms with Gasteiger partial charge in [0.05, 0.1) is 17.4 Å². The molecule has 174 valence electrons. The summed E-state index contributed by atoms with van der Waals surface area (Å²) in [6.45, 7) is 2.15. The molecule has 1 saturated heterocycles. The molecular formula is C24H22N4O5S. The van der Waals surface area contributed by atoms with E-state index in [9.17, 15) is 19.2 Å². The van der Waals surface area contributed by atoms with E-state index < -0.39 is 17.1 Å². The molecule has 0 spiro atoms. The summed E-state index contributed by atoms with van der Waals surface area (Å²) in [5, 5.41) is 7.34. The number of rotatable bonds is 7. The average molecular weight is 479 g/mol. The van der Waals surface area contributed by atoms with Crippen molar-refractivity contribution in [3.63, 3.8) is 0 Å². The van der Waals surface area contributed by atoms with Gasteiger partial charge in [-0.15, -0.1) is 0 Å². The number of amides is 3. The fraction of sp³-hybridized carbons (Fsp3) is 0.208. The van der Waals surface area contributed by atoms with Crippen LogP contribution in [0.4, 0.5) is 4.79 Å². The van der Waals surface area contributed by atoms with Gasteiger partial charge < -0.3 is 10.1 Å². The van der Waals surface area contributed by atoms with E-state index in [1.807, 2.05) is 0 Å². The number of carbonyl (C=O) groups is 3. The molecule has 0 atom stereocenters. The molecule has 2 heterocycles.